The van der Waals surface area contributed by atoms with Crippen molar-refractivity contribution in [2.24, 2.45) is 17.8 Å². The van der Waals surface area contributed by atoms with E-state index in [1.807, 2.05) is 20.8 Å². The second-order valence-corrected chi connectivity index (χ2v) is 4.93. The van der Waals surface area contributed by atoms with Crippen molar-refractivity contribution in [3.05, 3.63) is 12.2 Å². The Morgan fingerprint density at radius 2 is 1.46 bits per heavy atom. The van der Waals surface area contributed by atoms with Crippen LogP contribution in [0.4, 0.5) is 0 Å². The van der Waals surface area contributed by atoms with Gasteiger partial charge in [-0.15, -0.1) is 0 Å². The van der Waals surface area contributed by atoms with Crippen LogP contribution in [0.1, 0.15) is 41.5 Å². The summed E-state index contributed by atoms with van der Waals surface area (Å²) in [5.41, 5.74) is -0.604. The molecule has 0 rings (SSSR count). The number of hydrogen-bond acceptors (Lipinski definition) is 1. The summed E-state index contributed by atoms with van der Waals surface area (Å²) in [5, 5.41) is 9.69. The minimum atomic E-state index is -0.604. The average Bonchev–Trinajstić information content (AvgIpc) is 1.97. The van der Waals surface area contributed by atoms with Gasteiger partial charge >= 0.3 is 0 Å². The maximum Gasteiger partial charge on any atom is 0.0651 e. The summed E-state index contributed by atoms with van der Waals surface area (Å²) in [6.45, 7) is 12.4. The van der Waals surface area contributed by atoms with E-state index in [0.29, 0.717) is 11.8 Å². The molecule has 0 saturated heterocycles. The molecule has 13 heavy (non-hydrogen) atoms. The van der Waals surface area contributed by atoms with E-state index in [1.54, 1.807) is 0 Å². The molecule has 0 aliphatic heterocycles. The van der Waals surface area contributed by atoms with Gasteiger partial charge in [0.1, 0.15) is 0 Å². The Morgan fingerprint density at radius 3 is 1.77 bits per heavy atom. The molecule has 0 aliphatic rings. The van der Waals surface area contributed by atoms with Gasteiger partial charge in [0.15, 0.2) is 0 Å². The van der Waals surface area contributed by atoms with Crippen LogP contribution in [0.25, 0.3) is 0 Å². The molecule has 2 atom stereocenters. The highest BCUT2D eigenvalue weighted by atomic mass is 16.3. The SMILES string of the molecule is CC(C)[C@H](C)/C=C/[C@@H](C)C(C)(C)O. The lowest BCUT2D eigenvalue weighted by Gasteiger charge is -2.23. The summed E-state index contributed by atoms with van der Waals surface area (Å²) in [6, 6.07) is 0. The summed E-state index contributed by atoms with van der Waals surface area (Å²) in [6.07, 6.45) is 4.32. The van der Waals surface area contributed by atoms with Gasteiger partial charge in [0.2, 0.25) is 0 Å². The zero-order valence-corrected chi connectivity index (χ0v) is 9.83. The molecule has 0 aromatic carbocycles. The van der Waals surface area contributed by atoms with Crippen LogP contribution in [0.5, 0.6) is 0 Å². The van der Waals surface area contributed by atoms with Crippen LogP contribution in [-0.2, 0) is 0 Å². The summed E-state index contributed by atoms with van der Waals surface area (Å²) in [5.74, 6) is 1.48. The van der Waals surface area contributed by atoms with Crippen LogP contribution >= 0.6 is 0 Å². The second kappa shape index (κ2) is 4.80. The molecule has 78 valence electrons. The molecular formula is C12H24O. The Hall–Kier alpha value is -0.300. The van der Waals surface area contributed by atoms with Crippen molar-refractivity contribution < 1.29 is 5.11 Å². The van der Waals surface area contributed by atoms with Crippen molar-refractivity contribution >= 4 is 0 Å². The lowest BCUT2D eigenvalue weighted by Crippen LogP contribution is -2.27. The molecule has 0 saturated carbocycles. The predicted octanol–water partition coefficient (Wildman–Crippen LogP) is 3.24. The molecule has 0 fully saturated rings. The molecule has 1 heteroatoms. The molecule has 0 aromatic heterocycles. The number of rotatable bonds is 4. The van der Waals surface area contributed by atoms with Crippen LogP contribution < -0.4 is 0 Å². The van der Waals surface area contributed by atoms with Gasteiger partial charge in [-0.05, 0) is 25.7 Å². The average molecular weight is 184 g/mol. The first-order valence-electron chi connectivity index (χ1n) is 5.16. The summed E-state index contributed by atoms with van der Waals surface area (Å²) in [7, 11) is 0. The molecule has 1 N–H and O–H groups in total. The van der Waals surface area contributed by atoms with Crippen LogP contribution in [0.2, 0.25) is 0 Å². The Kier molecular flexibility index (Phi) is 4.69. The third-order valence-corrected chi connectivity index (χ3v) is 2.87. The van der Waals surface area contributed by atoms with Gasteiger partial charge in [0.25, 0.3) is 0 Å². The number of hydrogen-bond donors (Lipinski definition) is 1. The molecule has 0 aromatic rings. The largest absolute Gasteiger partial charge is 0.390 e. The third kappa shape index (κ3) is 5.09. The van der Waals surface area contributed by atoms with Gasteiger partial charge in [-0.25, -0.2) is 0 Å². The van der Waals surface area contributed by atoms with E-state index in [-0.39, 0.29) is 5.92 Å². The fourth-order valence-electron chi connectivity index (χ4n) is 0.800. The molecule has 0 unspecified atom stereocenters. The fourth-order valence-corrected chi connectivity index (χ4v) is 0.800. The highest BCUT2D eigenvalue weighted by Crippen LogP contribution is 2.19. The normalized spacial score (nSPS) is 18.2. The van der Waals surface area contributed by atoms with Gasteiger partial charge in [-0.3, -0.25) is 0 Å². The number of allylic oxidation sites excluding steroid dienone is 1. The first-order valence-corrected chi connectivity index (χ1v) is 5.16. The molecular weight excluding hydrogens is 160 g/mol. The van der Waals surface area contributed by atoms with E-state index >= 15 is 0 Å². The van der Waals surface area contributed by atoms with E-state index in [9.17, 15) is 5.11 Å². The zero-order chi connectivity index (χ0) is 10.6. The van der Waals surface area contributed by atoms with Crippen molar-refractivity contribution in [2.45, 2.75) is 47.1 Å². The maximum atomic E-state index is 9.69. The third-order valence-electron chi connectivity index (χ3n) is 2.87. The van der Waals surface area contributed by atoms with Crippen molar-refractivity contribution in [3.63, 3.8) is 0 Å². The Balaban J connectivity index is 4.12. The second-order valence-electron chi connectivity index (χ2n) is 4.93. The van der Waals surface area contributed by atoms with E-state index < -0.39 is 5.60 Å². The van der Waals surface area contributed by atoms with Crippen LogP contribution in [0, 0.1) is 17.8 Å². The van der Waals surface area contributed by atoms with Gasteiger partial charge in [0, 0.05) is 5.92 Å². The smallest absolute Gasteiger partial charge is 0.0651 e. The van der Waals surface area contributed by atoms with E-state index in [4.69, 9.17) is 0 Å². The molecule has 0 aliphatic carbocycles. The Labute approximate surface area is 82.9 Å². The molecule has 0 bridgehead atoms. The molecule has 0 radical (unpaired) electrons. The van der Waals surface area contributed by atoms with Gasteiger partial charge in [-0.1, -0.05) is 39.8 Å². The van der Waals surface area contributed by atoms with Crippen LogP contribution in [-0.4, -0.2) is 10.7 Å². The highest BCUT2D eigenvalue weighted by Gasteiger charge is 2.19. The van der Waals surface area contributed by atoms with Crippen molar-refractivity contribution in [2.75, 3.05) is 0 Å². The van der Waals surface area contributed by atoms with Crippen LogP contribution in [0.3, 0.4) is 0 Å². The minimum absolute atomic E-state index is 0.216. The quantitative estimate of drug-likeness (QED) is 0.665. The van der Waals surface area contributed by atoms with Crippen LogP contribution in [0.15, 0.2) is 12.2 Å². The number of aliphatic hydroxyl groups is 1. The molecule has 1 nitrogen and oxygen atoms in total. The first-order chi connectivity index (χ1) is 5.75. The van der Waals surface area contributed by atoms with Gasteiger partial charge < -0.3 is 5.11 Å². The molecule has 0 amide bonds. The summed E-state index contributed by atoms with van der Waals surface area (Å²) < 4.78 is 0. The zero-order valence-electron chi connectivity index (χ0n) is 9.83. The van der Waals surface area contributed by atoms with E-state index in [1.165, 1.54) is 0 Å². The summed E-state index contributed by atoms with van der Waals surface area (Å²) in [4.78, 5) is 0. The lowest BCUT2D eigenvalue weighted by molar-refractivity contribution is 0.0439. The fraction of sp³-hybridized carbons (Fsp3) is 0.833. The Bertz CT molecular complexity index is 162. The molecule has 0 spiro atoms. The first kappa shape index (κ1) is 12.7. The van der Waals surface area contributed by atoms with E-state index in [0.717, 1.165) is 0 Å². The monoisotopic (exact) mass is 184 g/mol. The predicted molar refractivity (Wildman–Crippen MR) is 58.6 cm³/mol. The van der Waals surface area contributed by atoms with Crippen molar-refractivity contribution in [1.82, 2.24) is 0 Å². The topological polar surface area (TPSA) is 20.2 Å². The highest BCUT2D eigenvalue weighted by molar-refractivity contribution is 4.96. The standard InChI is InChI=1S/C12H24O/c1-9(2)10(3)7-8-11(4)12(5,6)13/h7-11,13H,1-6H3/b8-7+/t10-,11-/m1/s1. The lowest BCUT2D eigenvalue weighted by atomic mass is 9.90. The van der Waals surface area contributed by atoms with Crippen molar-refractivity contribution in [3.8, 4) is 0 Å². The Morgan fingerprint density at radius 1 is 1.00 bits per heavy atom. The van der Waals surface area contributed by atoms with Crippen molar-refractivity contribution in [1.29, 1.82) is 0 Å². The van der Waals surface area contributed by atoms with Gasteiger partial charge in [-0.2, -0.15) is 0 Å². The van der Waals surface area contributed by atoms with E-state index in [2.05, 4.69) is 32.9 Å². The molecule has 0 heterocycles. The van der Waals surface area contributed by atoms with Gasteiger partial charge in [0.05, 0.1) is 5.60 Å². The minimum Gasteiger partial charge on any atom is -0.390 e. The maximum absolute atomic E-state index is 9.69. The summed E-state index contributed by atoms with van der Waals surface area (Å²) >= 11 is 0.